The molecule has 0 heterocycles. The molecule has 1 nitrogen and oxygen atoms in total. The Morgan fingerprint density at radius 1 is 0.800 bits per heavy atom. The molecule has 0 aliphatic carbocycles. The van der Waals surface area contributed by atoms with Crippen molar-refractivity contribution >= 4 is 0 Å². The number of ether oxygens (including phenoxy) is 1. The van der Waals surface area contributed by atoms with E-state index in [1.54, 1.807) is 24.3 Å². The van der Waals surface area contributed by atoms with E-state index in [4.69, 9.17) is 4.74 Å². The van der Waals surface area contributed by atoms with Gasteiger partial charge in [0.15, 0.2) is 0 Å². The first-order valence-corrected chi connectivity index (χ1v) is 10.5. The molecule has 0 fully saturated rings. The molecule has 0 aromatic heterocycles. The van der Waals surface area contributed by atoms with Crippen LogP contribution in [0.5, 0.6) is 5.75 Å². The topological polar surface area (TPSA) is 9.23 Å². The van der Waals surface area contributed by atoms with Gasteiger partial charge in [-0.2, -0.15) is 13.2 Å². The van der Waals surface area contributed by atoms with E-state index in [-0.39, 0.29) is 12.7 Å². The molecule has 0 aliphatic rings. The summed E-state index contributed by atoms with van der Waals surface area (Å²) in [6.45, 7) is 2.11. The normalized spacial score (nSPS) is 11.3. The lowest BCUT2D eigenvalue weighted by molar-refractivity contribution is -0.0801. The maximum Gasteiger partial charge on any atom is 0.409 e. The molecule has 0 unspecified atom stereocenters. The first-order valence-electron chi connectivity index (χ1n) is 10.5. The third-order valence-electron chi connectivity index (χ3n) is 4.63. The highest BCUT2D eigenvalue weighted by molar-refractivity contribution is 5.44. The first-order chi connectivity index (χ1) is 14.5. The molecular weight excluding hydrogens is 385 g/mol. The second kappa shape index (κ2) is 12.8. The minimum absolute atomic E-state index is 0.129. The van der Waals surface area contributed by atoms with Gasteiger partial charge in [0.2, 0.25) is 0 Å². The quantitative estimate of drug-likeness (QED) is 0.222. The van der Waals surface area contributed by atoms with Crippen LogP contribution in [0, 0.1) is 11.8 Å². The number of rotatable bonds is 10. The zero-order valence-corrected chi connectivity index (χ0v) is 17.5. The smallest absolute Gasteiger partial charge is 0.409 e. The molecule has 4 heteroatoms. The number of hydrogen-bond acceptors (Lipinski definition) is 1. The fraction of sp³-hybridized carbons (Fsp3) is 0.385. The van der Waals surface area contributed by atoms with Crippen LogP contribution in [0.15, 0.2) is 60.7 Å². The predicted molar refractivity (Wildman–Crippen MR) is 117 cm³/mol. The average Bonchev–Trinajstić information content (AvgIpc) is 2.73. The summed E-state index contributed by atoms with van der Waals surface area (Å²) in [5, 5.41) is 0. The van der Waals surface area contributed by atoms with Crippen LogP contribution in [0.25, 0.3) is 0 Å². The van der Waals surface area contributed by atoms with E-state index in [0.29, 0.717) is 5.75 Å². The van der Waals surface area contributed by atoms with E-state index >= 15 is 0 Å². The van der Waals surface area contributed by atoms with Crippen molar-refractivity contribution in [1.29, 1.82) is 0 Å². The van der Waals surface area contributed by atoms with Crippen LogP contribution >= 0.6 is 0 Å². The van der Waals surface area contributed by atoms with Crippen LogP contribution < -0.4 is 4.74 Å². The van der Waals surface area contributed by atoms with Crippen LogP contribution in [0.1, 0.15) is 62.1 Å². The molecule has 0 bridgehead atoms. The second-order valence-electron chi connectivity index (χ2n) is 7.24. The number of benzene rings is 2. The Bertz CT molecular complexity index is 822. The van der Waals surface area contributed by atoms with E-state index in [9.17, 15) is 13.2 Å². The van der Waals surface area contributed by atoms with Gasteiger partial charge in [-0.3, -0.25) is 0 Å². The van der Waals surface area contributed by atoms with E-state index in [0.717, 1.165) is 23.6 Å². The fourth-order valence-electron chi connectivity index (χ4n) is 2.97. The minimum Gasteiger partial charge on any atom is -0.490 e. The second-order valence-corrected chi connectivity index (χ2v) is 7.24. The summed E-state index contributed by atoms with van der Waals surface area (Å²) >= 11 is 0. The summed E-state index contributed by atoms with van der Waals surface area (Å²) in [6, 6.07) is 15.4. The summed E-state index contributed by atoms with van der Waals surface area (Å²) in [7, 11) is 0. The van der Waals surface area contributed by atoms with Crippen molar-refractivity contribution in [1.82, 2.24) is 0 Å². The van der Waals surface area contributed by atoms with Gasteiger partial charge in [-0.25, -0.2) is 0 Å². The minimum atomic E-state index is -4.31. The van der Waals surface area contributed by atoms with Crippen molar-refractivity contribution in [2.24, 2.45) is 0 Å². The average molecular weight is 415 g/mol. The molecule has 2 aromatic carbocycles. The highest BCUT2D eigenvalue weighted by Gasteiger charge is 2.21. The van der Waals surface area contributed by atoms with Crippen molar-refractivity contribution in [3.63, 3.8) is 0 Å². The van der Waals surface area contributed by atoms with Crippen LogP contribution in [0.2, 0.25) is 0 Å². The Morgan fingerprint density at radius 3 is 1.97 bits per heavy atom. The van der Waals surface area contributed by atoms with Gasteiger partial charge < -0.3 is 4.74 Å². The molecule has 0 spiro atoms. The maximum absolute atomic E-state index is 12.0. The summed E-state index contributed by atoms with van der Waals surface area (Å²) < 4.78 is 41.3. The predicted octanol–water partition coefficient (Wildman–Crippen LogP) is 7.49. The molecule has 0 atom stereocenters. The monoisotopic (exact) mass is 414 g/mol. The molecule has 0 radical (unpaired) electrons. The van der Waals surface area contributed by atoms with Crippen molar-refractivity contribution in [2.45, 2.75) is 58.0 Å². The summed E-state index contributed by atoms with van der Waals surface area (Å²) in [4.78, 5) is 0. The Morgan fingerprint density at radius 2 is 1.37 bits per heavy atom. The standard InChI is InChI=1S/C26H29F3O/c1-2-3-4-5-6-7-9-22-10-12-23(13-11-22)14-15-24-16-18-25(19-17-24)30-21-8-20-26(27,28)29/h8,10-13,16-20H,2-7,9,21H2,1H3/b20-8+. The summed E-state index contributed by atoms with van der Waals surface area (Å²) in [6.07, 6.45) is 5.73. The molecule has 160 valence electrons. The molecule has 2 aromatic rings. The van der Waals surface area contributed by atoms with Crippen LogP contribution in [-0.4, -0.2) is 12.8 Å². The maximum atomic E-state index is 12.0. The highest BCUT2D eigenvalue weighted by atomic mass is 19.4. The highest BCUT2D eigenvalue weighted by Crippen LogP contribution is 2.16. The lowest BCUT2D eigenvalue weighted by Crippen LogP contribution is -2.02. The molecule has 0 aliphatic heterocycles. The zero-order valence-electron chi connectivity index (χ0n) is 17.5. The van der Waals surface area contributed by atoms with Gasteiger partial charge in [-0.15, -0.1) is 0 Å². The van der Waals surface area contributed by atoms with Gasteiger partial charge in [0.1, 0.15) is 12.4 Å². The number of allylic oxidation sites excluding steroid dienone is 1. The van der Waals surface area contributed by atoms with E-state index in [1.165, 1.54) is 44.1 Å². The first kappa shape index (κ1) is 23.6. The summed E-state index contributed by atoms with van der Waals surface area (Å²) in [5.41, 5.74) is 3.13. The van der Waals surface area contributed by atoms with E-state index < -0.39 is 6.18 Å². The fourth-order valence-corrected chi connectivity index (χ4v) is 2.97. The number of unbranched alkanes of at least 4 members (excludes halogenated alkanes) is 5. The lowest BCUT2D eigenvalue weighted by atomic mass is 10.0. The Labute approximate surface area is 178 Å². The van der Waals surface area contributed by atoms with Crippen LogP contribution in [0.3, 0.4) is 0 Å². The molecule has 0 saturated carbocycles. The van der Waals surface area contributed by atoms with E-state index in [2.05, 4.69) is 30.9 Å². The molecule has 0 N–H and O–H groups in total. The molecule has 30 heavy (non-hydrogen) atoms. The molecule has 0 saturated heterocycles. The van der Waals surface area contributed by atoms with Gasteiger partial charge >= 0.3 is 6.18 Å². The van der Waals surface area contributed by atoms with Crippen molar-refractivity contribution in [2.75, 3.05) is 6.61 Å². The largest absolute Gasteiger partial charge is 0.490 e. The van der Waals surface area contributed by atoms with Gasteiger partial charge in [0.05, 0.1) is 0 Å². The lowest BCUT2D eigenvalue weighted by Gasteiger charge is -2.03. The number of halogens is 3. The van der Waals surface area contributed by atoms with Crippen LogP contribution in [-0.2, 0) is 6.42 Å². The molecule has 0 amide bonds. The molecular formula is C26H29F3O. The Kier molecular flexibility index (Phi) is 10.1. The number of hydrogen-bond donors (Lipinski definition) is 0. The third-order valence-corrected chi connectivity index (χ3v) is 4.63. The Balaban J connectivity index is 1.77. The summed E-state index contributed by atoms with van der Waals surface area (Å²) in [5.74, 6) is 6.74. The van der Waals surface area contributed by atoms with Crippen molar-refractivity contribution in [3.8, 4) is 17.6 Å². The SMILES string of the molecule is CCCCCCCCc1ccc(C#Cc2ccc(OC/C=C/C(F)(F)F)cc2)cc1. The zero-order chi connectivity index (χ0) is 21.7. The Hall–Kier alpha value is -2.67. The number of alkyl halides is 3. The van der Waals surface area contributed by atoms with Crippen LogP contribution in [0.4, 0.5) is 13.2 Å². The van der Waals surface area contributed by atoms with Gasteiger partial charge in [0.25, 0.3) is 0 Å². The van der Waals surface area contributed by atoms with Gasteiger partial charge in [-0.05, 0) is 60.9 Å². The van der Waals surface area contributed by atoms with Crippen molar-refractivity contribution < 1.29 is 17.9 Å². The van der Waals surface area contributed by atoms with Gasteiger partial charge in [0, 0.05) is 17.2 Å². The molecule has 2 rings (SSSR count). The van der Waals surface area contributed by atoms with E-state index in [1.807, 2.05) is 12.1 Å². The third kappa shape index (κ3) is 10.2. The number of aryl methyl sites for hydroxylation is 1. The van der Waals surface area contributed by atoms with Crippen molar-refractivity contribution in [3.05, 3.63) is 77.4 Å². The van der Waals surface area contributed by atoms with Gasteiger partial charge in [-0.1, -0.05) is 63.0 Å².